The molecule has 1 amide bonds. The van der Waals surface area contributed by atoms with Gasteiger partial charge in [-0.2, -0.15) is 4.72 Å². The molecule has 0 spiro atoms. The second-order valence-corrected chi connectivity index (χ2v) is 9.96. The van der Waals surface area contributed by atoms with E-state index in [9.17, 15) is 17.6 Å². The van der Waals surface area contributed by atoms with Crippen LogP contribution in [0.25, 0.3) is 10.1 Å². The Balaban J connectivity index is 1.48. The van der Waals surface area contributed by atoms with E-state index in [2.05, 4.69) is 9.71 Å². The number of halogens is 1. The van der Waals surface area contributed by atoms with Crippen molar-refractivity contribution in [3.8, 4) is 0 Å². The number of pyridine rings is 1. The van der Waals surface area contributed by atoms with Crippen LogP contribution in [0.15, 0.2) is 46.8 Å². The Morgan fingerprint density at radius 1 is 1.33 bits per heavy atom. The third kappa shape index (κ3) is 4.04. The predicted molar refractivity (Wildman–Crippen MR) is 111 cm³/mol. The van der Waals surface area contributed by atoms with E-state index in [-0.39, 0.29) is 22.5 Å². The Labute approximate surface area is 176 Å². The molecule has 1 unspecified atom stereocenters. The van der Waals surface area contributed by atoms with E-state index in [0.29, 0.717) is 28.7 Å². The monoisotopic (exact) mass is 447 g/mol. The number of thiophene rings is 1. The van der Waals surface area contributed by atoms with Gasteiger partial charge >= 0.3 is 0 Å². The van der Waals surface area contributed by atoms with E-state index >= 15 is 0 Å². The molecule has 1 fully saturated rings. The molecule has 1 atom stereocenters. The topological polar surface area (TPSA) is 129 Å². The molecule has 0 saturated carbocycles. The van der Waals surface area contributed by atoms with E-state index in [1.165, 1.54) is 30.5 Å². The number of carbonyl (C=O) groups excluding carboxylic acids is 1. The first-order valence-electron chi connectivity index (χ1n) is 9.02. The number of nitrogens with one attached hydrogen (secondary N) is 2. The third-order valence-electron chi connectivity index (χ3n) is 4.79. The number of nitrogen functional groups attached to an aromatic ring is 1. The van der Waals surface area contributed by atoms with Crippen LogP contribution in [0.1, 0.15) is 17.7 Å². The summed E-state index contributed by atoms with van der Waals surface area (Å²) >= 11 is 0.956. The first-order valence-corrected chi connectivity index (χ1v) is 11.3. The average Bonchev–Trinajstić information content (AvgIpc) is 3.27. The van der Waals surface area contributed by atoms with Crippen LogP contribution in [-0.4, -0.2) is 42.6 Å². The second-order valence-electron chi connectivity index (χ2n) is 6.93. The molecule has 1 aliphatic rings. The summed E-state index contributed by atoms with van der Waals surface area (Å²) in [5.74, 6) is -0.933. The number of aromatic nitrogens is 1. The SMILES string of the molecule is N=C(N)c1cc(CN2CCC(NS(=O)(=O)c3cc4ccc(F)cc4s3)C2=O)ccn1. The number of nitrogens with two attached hydrogens (primary N) is 1. The maximum atomic E-state index is 13.4. The molecule has 1 aliphatic heterocycles. The van der Waals surface area contributed by atoms with Crippen LogP contribution in [0.4, 0.5) is 4.39 Å². The lowest BCUT2D eigenvalue weighted by molar-refractivity contribution is -0.129. The summed E-state index contributed by atoms with van der Waals surface area (Å²) in [4.78, 5) is 18.3. The summed E-state index contributed by atoms with van der Waals surface area (Å²) in [5, 5.41) is 8.08. The Kier molecular flexibility index (Phi) is 5.26. The largest absolute Gasteiger partial charge is 0.382 e. The quantitative estimate of drug-likeness (QED) is 0.392. The van der Waals surface area contributed by atoms with Crippen LogP contribution in [0.2, 0.25) is 0 Å². The fourth-order valence-electron chi connectivity index (χ4n) is 3.30. The van der Waals surface area contributed by atoms with Crippen LogP contribution in [-0.2, 0) is 21.4 Å². The molecule has 0 bridgehead atoms. The zero-order valence-electron chi connectivity index (χ0n) is 15.6. The summed E-state index contributed by atoms with van der Waals surface area (Å²) < 4.78 is 41.9. The van der Waals surface area contributed by atoms with E-state index in [1.807, 2.05) is 0 Å². The van der Waals surface area contributed by atoms with E-state index in [4.69, 9.17) is 11.1 Å². The highest BCUT2D eigenvalue weighted by molar-refractivity contribution is 7.91. The molecule has 8 nitrogen and oxygen atoms in total. The second kappa shape index (κ2) is 7.74. The number of likely N-dealkylation sites (tertiary alicyclic amines) is 1. The summed E-state index contributed by atoms with van der Waals surface area (Å²) in [5.41, 5.74) is 6.51. The number of benzene rings is 1. The van der Waals surface area contributed by atoms with Gasteiger partial charge in [-0.15, -0.1) is 11.3 Å². The van der Waals surface area contributed by atoms with E-state index < -0.39 is 21.9 Å². The van der Waals surface area contributed by atoms with Gasteiger partial charge in [-0.3, -0.25) is 15.2 Å². The molecule has 0 radical (unpaired) electrons. The van der Waals surface area contributed by atoms with Gasteiger partial charge in [0.25, 0.3) is 10.0 Å². The molecule has 3 aromatic rings. The maximum absolute atomic E-state index is 13.4. The van der Waals surface area contributed by atoms with Crippen LogP contribution < -0.4 is 10.5 Å². The smallest absolute Gasteiger partial charge is 0.250 e. The number of sulfonamides is 1. The summed E-state index contributed by atoms with van der Waals surface area (Å²) in [6, 6.07) is 8.02. The van der Waals surface area contributed by atoms with Gasteiger partial charge in [-0.05, 0) is 47.7 Å². The van der Waals surface area contributed by atoms with Crippen molar-refractivity contribution in [1.82, 2.24) is 14.6 Å². The number of amides is 1. The number of rotatable bonds is 6. The van der Waals surface area contributed by atoms with Crippen molar-refractivity contribution in [2.75, 3.05) is 6.54 Å². The van der Waals surface area contributed by atoms with Crippen LogP contribution in [0, 0.1) is 11.2 Å². The molecule has 1 aromatic carbocycles. The fourth-order valence-corrected chi connectivity index (χ4v) is 5.97. The first-order chi connectivity index (χ1) is 14.2. The van der Waals surface area contributed by atoms with Crippen molar-refractivity contribution >= 4 is 43.2 Å². The molecule has 30 heavy (non-hydrogen) atoms. The van der Waals surface area contributed by atoms with Gasteiger partial charge < -0.3 is 10.6 Å². The summed E-state index contributed by atoms with van der Waals surface area (Å²) in [7, 11) is -3.92. The maximum Gasteiger partial charge on any atom is 0.250 e. The minimum absolute atomic E-state index is 0.0367. The molecule has 11 heteroatoms. The van der Waals surface area contributed by atoms with E-state index in [0.717, 1.165) is 16.9 Å². The van der Waals surface area contributed by atoms with Crippen LogP contribution in [0.3, 0.4) is 0 Å². The van der Waals surface area contributed by atoms with Gasteiger partial charge in [-0.25, -0.2) is 12.8 Å². The Bertz CT molecular complexity index is 1260. The zero-order chi connectivity index (χ0) is 21.5. The van der Waals surface area contributed by atoms with Crippen molar-refractivity contribution in [2.24, 2.45) is 5.73 Å². The van der Waals surface area contributed by atoms with Gasteiger partial charge in [0, 0.05) is 24.0 Å². The Hall–Kier alpha value is -2.89. The predicted octanol–water partition coefficient (Wildman–Crippen LogP) is 1.80. The molecule has 4 rings (SSSR count). The van der Waals surface area contributed by atoms with Gasteiger partial charge in [0.05, 0.1) is 0 Å². The molecule has 156 valence electrons. The number of hydrogen-bond donors (Lipinski definition) is 3. The van der Waals surface area contributed by atoms with Gasteiger partial charge in [-0.1, -0.05) is 6.07 Å². The number of amidine groups is 1. The van der Waals surface area contributed by atoms with Crippen molar-refractivity contribution in [3.63, 3.8) is 0 Å². The van der Waals surface area contributed by atoms with Crippen molar-refractivity contribution < 1.29 is 17.6 Å². The molecule has 3 heterocycles. The molecule has 1 saturated heterocycles. The molecule has 4 N–H and O–H groups in total. The highest BCUT2D eigenvalue weighted by atomic mass is 32.2. The lowest BCUT2D eigenvalue weighted by Crippen LogP contribution is -2.41. The van der Waals surface area contributed by atoms with Crippen molar-refractivity contribution in [1.29, 1.82) is 5.41 Å². The Morgan fingerprint density at radius 2 is 2.13 bits per heavy atom. The highest BCUT2D eigenvalue weighted by Gasteiger charge is 2.35. The minimum atomic E-state index is -3.92. The van der Waals surface area contributed by atoms with Crippen molar-refractivity contribution in [3.05, 3.63) is 59.7 Å². The molecule has 0 aliphatic carbocycles. The molecular formula is C19H18FN5O3S2. The first kappa shape index (κ1) is 20.4. The lowest BCUT2D eigenvalue weighted by Gasteiger charge is -2.17. The van der Waals surface area contributed by atoms with Crippen LogP contribution in [0.5, 0.6) is 0 Å². The third-order valence-corrected chi connectivity index (χ3v) is 7.84. The zero-order valence-corrected chi connectivity index (χ0v) is 17.3. The lowest BCUT2D eigenvalue weighted by atomic mass is 10.2. The molecule has 2 aromatic heterocycles. The number of fused-ring (bicyclic) bond motifs is 1. The molecular weight excluding hydrogens is 429 g/mol. The van der Waals surface area contributed by atoms with Crippen molar-refractivity contribution in [2.45, 2.75) is 23.2 Å². The normalized spacial score (nSPS) is 17.0. The Morgan fingerprint density at radius 3 is 2.90 bits per heavy atom. The number of carbonyl (C=O) groups is 1. The van der Waals surface area contributed by atoms with Gasteiger partial charge in [0.15, 0.2) is 0 Å². The number of hydrogen-bond acceptors (Lipinski definition) is 6. The standard InChI is InChI=1S/C19H18FN5O3S2/c20-13-2-1-12-8-17(29-16(12)9-13)30(27,28)24-14-4-6-25(19(14)26)10-11-3-5-23-15(7-11)18(21)22/h1-3,5,7-9,14,24H,4,6,10H2,(H3,21,22). The van der Waals surface area contributed by atoms with E-state index in [1.54, 1.807) is 17.0 Å². The van der Waals surface area contributed by atoms with Gasteiger partial charge in [0.2, 0.25) is 5.91 Å². The summed E-state index contributed by atoms with van der Waals surface area (Å²) in [6.07, 6.45) is 1.85. The van der Waals surface area contributed by atoms with Crippen LogP contribution >= 0.6 is 11.3 Å². The fraction of sp³-hybridized carbons (Fsp3) is 0.211. The van der Waals surface area contributed by atoms with Gasteiger partial charge in [0.1, 0.15) is 27.6 Å². The summed E-state index contributed by atoms with van der Waals surface area (Å²) in [6.45, 7) is 0.656. The average molecular weight is 448 g/mol. The number of nitrogens with zero attached hydrogens (tertiary/aromatic N) is 2. The minimum Gasteiger partial charge on any atom is -0.382 e. The highest BCUT2D eigenvalue weighted by Crippen LogP contribution is 2.30.